The van der Waals surface area contributed by atoms with Crippen LogP contribution in [-0.2, 0) is 4.79 Å². The number of aromatic nitrogens is 5. The molecule has 0 bridgehead atoms. The quantitative estimate of drug-likeness (QED) is 0.743. The van der Waals surface area contributed by atoms with Gasteiger partial charge in [0.2, 0.25) is 5.91 Å². The summed E-state index contributed by atoms with van der Waals surface area (Å²) in [6, 6.07) is 1.83. The Morgan fingerprint density at radius 2 is 2.17 bits per heavy atom. The third-order valence-electron chi connectivity index (χ3n) is 5.05. The van der Waals surface area contributed by atoms with Crippen molar-refractivity contribution >= 4 is 28.1 Å². The number of hydrogen-bond acceptors (Lipinski definition) is 4. The highest BCUT2D eigenvalue weighted by atomic mass is 16.2. The minimum Gasteiger partial charge on any atom is -0.345 e. The fraction of sp³-hybridized carbons (Fsp3) is 0.500. The summed E-state index contributed by atoms with van der Waals surface area (Å²) in [6.45, 7) is 5.30. The average molecular weight is 328 g/mol. The zero-order valence-electron chi connectivity index (χ0n) is 13.7. The number of rotatable bonds is 2. The number of nitrogens with one attached hydrogen (secondary N) is 2. The molecule has 3 aromatic heterocycles. The predicted octanol–water partition coefficient (Wildman–Crippen LogP) is 1.42. The van der Waals surface area contributed by atoms with Crippen LogP contribution in [0.25, 0.3) is 22.2 Å². The molecule has 0 saturated carbocycles. The van der Waals surface area contributed by atoms with E-state index in [1.54, 1.807) is 10.8 Å². The van der Waals surface area contributed by atoms with Gasteiger partial charge in [-0.05, 0) is 18.4 Å². The molecular weight excluding hydrogens is 308 g/mol. The van der Waals surface area contributed by atoms with E-state index in [4.69, 9.17) is 0 Å². The molecule has 0 spiro atoms. The Balaban J connectivity index is 1.88. The smallest absolute Gasteiger partial charge is 0.328 e. The van der Waals surface area contributed by atoms with Gasteiger partial charge in [-0.25, -0.2) is 4.79 Å². The monoisotopic (exact) mass is 328 g/mol. The highest BCUT2D eigenvalue weighted by Crippen LogP contribution is 2.31. The minimum atomic E-state index is -0.198. The Kier molecular flexibility index (Phi) is 3.40. The van der Waals surface area contributed by atoms with E-state index in [0.29, 0.717) is 30.2 Å². The van der Waals surface area contributed by atoms with Gasteiger partial charge >= 0.3 is 5.69 Å². The van der Waals surface area contributed by atoms with Gasteiger partial charge < -0.3 is 9.88 Å². The summed E-state index contributed by atoms with van der Waals surface area (Å²) in [4.78, 5) is 32.4. The molecule has 3 aromatic rings. The van der Waals surface area contributed by atoms with Crippen molar-refractivity contribution in [2.45, 2.75) is 32.7 Å². The van der Waals surface area contributed by atoms with Crippen molar-refractivity contribution < 1.29 is 4.79 Å². The van der Waals surface area contributed by atoms with Gasteiger partial charge in [-0.15, -0.1) is 10.2 Å². The Morgan fingerprint density at radius 3 is 2.96 bits per heavy atom. The maximum absolute atomic E-state index is 12.6. The van der Waals surface area contributed by atoms with Crippen molar-refractivity contribution in [3.05, 3.63) is 22.7 Å². The van der Waals surface area contributed by atoms with E-state index in [1.165, 1.54) is 0 Å². The highest BCUT2D eigenvalue weighted by molar-refractivity contribution is 5.99. The molecule has 4 heterocycles. The average Bonchev–Trinajstić information content (AvgIpc) is 3.17. The first-order valence-corrected chi connectivity index (χ1v) is 8.32. The number of likely N-dealkylation sites (tertiary alicyclic amines) is 1. The molecular formula is C16H20N6O2. The van der Waals surface area contributed by atoms with Crippen molar-refractivity contribution in [1.82, 2.24) is 29.6 Å². The molecule has 24 heavy (non-hydrogen) atoms. The van der Waals surface area contributed by atoms with Gasteiger partial charge in [0.1, 0.15) is 5.52 Å². The molecule has 126 valence electrons. The van der Waals surface area contributed by atoms with E-state index < -0.39 is 0 Å². The van der Waals surface area contributed by atoms with Crippen molar-refractivity contribution in [1.29, 1.82) is 0 Å². The van der Waals surface area contributed by atoms with E-state index in [-0.39, 0.29) is 17.6 Å². The van der Waals surface area contributed by atoms with E-state index in [1.807, 2.05) is 17.9 Å². The standard InChI is InChI=1S/C16H20N6O2/c1-3-12(23)21-7-5-9(2)11(8-21)22-13-10-4-6-17-14(10)19-20-15(13)18-16(22)24/h4,6,9,11H,3,5,7-8H2,1-2H3,(H,17,19)(H,18,20,24). The largest absolute Gasteiger partial charge is 0.345 e. The van der Waals surface area contributed by atoms with Crippen LogP contribution in [0.3, 0.4) is 0 Å². The third-order valence-corrected chi connectivity index (χ3v) is 5.05. The molecule has 1 fully saturated rings. The SMILES string of the molecule is CCC(=O)N1CCC(C)C(n2c(=O)[nH]c3nnc4[nH]ccc4c32)C1. The molecule has 1 aliphatic heterocycles. The number of nitrogens with zero attached hydrogens (tertiary/aromatic N) is 4. The first-order chi connectivity index (χ1) is 11.6. The van der Waals surface area contributed by atoms with Crippen LogP contribution in [0.5, 0.6) is 0 Å². The van der Waals surface area contributed by atoms with Crippen LogP contribution in [-0.4, -0.2) is 48.6 Å². The number of aromatic amines is 2. The van der Waals surface area contributed by atoms with E-state index in [2.05, 4.69) is 27.1 Å². The third kappa shape index (κ3) is 2.13. The summed E-state index contributed by atoms with van der Waals surface area (Å²) >= 11 is 0. The predicted molar refractivity (Wildman–Crippen MR) is 89.7 cm³/mol. The van der Waals surface area contributed by atoms with Crippen molar-refractivity contribution in [2.75, 3.05) is 13.1 Å². The van der Waals surface area contributed by atoms with E-state index in [0.717, 1.165) is 23.9 Å². The second-order valence-electron chi connectivity index (χ2n) is 6.46. The molecule has 2 unspecified atom stereocenters. The Labute approximate surface area is 137 Å². The summed E-state index contributed by atoms with van der Waals surface area (Å²) in [6.07, 6.45) is 3.15. The van der Waals surface area contributed by atoms with Gasteiger partial charge in [0.25, 0.3) is 0 Å². The van der Waals surface area contributed by atoms with E-state index in [9.17, 15) is 9.59 Å². The van der Waals surface area contributed by atoms with Crippen LogP contribution in [0.1, 0.15) is 32.7 Å². The number of hydrogen-bond donors (Lipinski definition) is 2. The summed E-state index contributed by atoms with van der Waals surface area (Å²) in [5.74, 6) is 0.427. The normalized spacial score (nSPS) is 21.7. The maximum Gasteiger partial charge on any atom is 0.328 e. The van der Waals surface area contributed by atoms with Crippen LogP contribution in [0.15, 0.2) is 17.1 Å². The van der Waals surface area contributed by atoms with Gasteiger partial charge in [-0.3, -0.25) is 14.3 Å². The molecule has 4 rings (SSSR count). The summed E-state index contributed by atoms with van der Waals surface area (Å²) in [7, 11) is 0. The number of piperidine rings is 1. The number of H-pyrrole nitrogens is 2. The van der Waals surface area contributed by atoms with E-state index >= 15 is 0 Å². The molecule has 8 heteroatoms. The summed E-state index contributed by atoms with van der Waals surface area (Å²) in [5.41, 5.74) is 1.70. The van der Waals surface area contributed by atoms with Crippen LogP contribution in [0, 0.1) is 5.92 Å². The molecule has 1 saturated heterocycles. The molecule has 2 atom stereocenters. The van der Waals surface area contributed by atoms with Crippen molar-refractivity contribution in [3.63, 3.8) is 0 Å². The maximum atomic E-state index is 12.6. The van der Waals surface area contributed by atoms with Gasteiger partial charge in [-0.1, -0.05) is 13.8 Å². The first kappa shape index (κ1) is 14.9. The lowest BCUT2D eigenvalue weighted by Crippen LogP contribution is -2.45. The summed E-state index contributed by atoms with van der Waals surface area (Å²) < 4.78 is 1.76. The Bertz CT molecular complexity index is 968. The van der Waals surface area contributed by atoms with Crippen molar-refractivity contribution in [3.8, 4) is 0 Å². The lowest BCUT2D eigenvalue weighted by Gasteiger charge is -2.37. The minimum absolute atomic E-state index is 0.0715. The lowest BCUT2D eigenvalue weighted by atomic mass is 9.93. The molecule has 2 N–H and O–H groups in total. The van der Waals surface area contributed by atoms with Crippen LogP contribution in [0.2, 0.25) is 0 Å². The van der Waals surface area contributed by atoms with Crippen LogP contribution < -0.4 is 5.69 Å². The zero-order chi connectivity index (χ0) is 16.8. The number of carbonyl (C=O) groups excluding carboxylic acids is 1. The van der Waals surface area contributed by atoms with Crippen molar-refractivity contribution in [2.24, 2.45) is 5.92 Å². The van der Waals surface area contributed by atoms with Gasteiger partial charge in [0.05, 0.1) is 6.04 Å². The number of fused-ring (bicyclic) bond motifs is 3. The zero-order valence-corrected chi connectivity index (χ0v) is 13.7. The second-order valence-corrected chi connectivity index (χ2v) is 6.46. The molecule has 8 nitrogen and oxygen atoms in total. The van der Waals surface area contributed by atoms with Crippen LogP contribution >= 0.6 is 0 Å². The topological polar surface area (TPSA) is 99.7 Å². The lowest BCUT2D eigenvalue weighted by molar-refractivity contribution is -0.133. The number of imidazole rings is 1. The number of carbonyl (C=O) groups is 1. The molecule has 0 aliphatic carbocycles. The fourth-order valence-corrected chi connectivity index (χ4v) is 3.65. The molecule has 1 aliphatic rings. The highest BCUT2D eigenvalue weighted by Gasteiger charge is 2.32. The Hall–Kier alpha value is -2.64. The van der Waals surface area contributed by atoms with Gasteiger partial charge in [-0.2, -0.15) is 0 Å². The number of amides is 1. The fourth-order valence-electron chi connectivity index (χ4n) is 3.65. The van der Waals surface area contributed by atoms with Crippen LogP contribution in [0.4, 0.5) is 0 Å². The van der Waals surface area contributed by atoms with Gasteiger partial charge in [0.15, 0.2) is 11.3 Å². The summed E-state index contributed by atoms with van der Waals surface area (Å²) in [5, 5.41) is 9.07. The Morgan fingerprint density at radius 1 is 1.38 bits per heavy atom. The molecule has 1 amide bonds. The first-order valence-electron chi connectivity index (χ1n) is 8.32. The molecule has 0 radical (unpaired) electrons. The molecule has 0 aromatic carbocycles. The van der Waals surface area contributed by atoms with Gasteiger partial charge in [0, 0.05) is 31.1 Å². The second kappa shape index (κ2) is 5.47.